The molecule has 24 heavy (non-hydrogen) atoms. The second kappa shape index (κ2) is 8.64. The van der Waals surface area contributed by atoms with Gasteiger partial charge in [0.25, 0.3) is 0 Å². The number of carboxylic acids is 2. The van der Waals surface area contributed by atoms with Crippen molar-refractivity contribution in [3.05, 3.63) is 0 Å². The zero-order valence-corrected chi connectivity index (χ0v) is 12.2. The molecule has 0 bridgehead atoms. The first-order chi connectivity index (χ1) is 11.1. The summed E-state index contributed by atoms with van der Waals surface area (Å²) in [5.41, 5.74) is 0. The quantitative estimate of drug-likeness (QED) is 0.238. The second-order valence-corrected chi connectivity index (χ2v) is 5.28. The molecule has 2 rings (SSSR count). The normalized spacial score (nSPS) is 38.1. The van der Waals surface area contributed by atoms with Gasteiger partial charge in [0, 0.05) is 0 Å². The summed E-state index contributed by atoms with van der Waals surface area (Å²) in [5.74, 6) is -2.96. The van der Waals surface area contributed by atoms with Crippen LogP contribution in [0.15, 0.2) is 0 Å². The summed E-state index contributed by atoms with van der Waals surface area (Å²) in [6.45, 7) is -0.313. The zero-order chi connectivity index (χ0) is 18.6. The number of carboxylic acid groups (broad SMARTS) is 2. The van der Waals surface area contributed by atoms with Gasteiger partial charge in [-0.1, -0.05) is 0 Å². The van der Waals surface area contributed by atoms with E-state index in [4.69, 9.17) is 40.9 Å². The van der Waals surface area contributed by atoms with Crippen molar-refractivity contribution in [2.45, 2.75) is 48.8 Å². The van der Waals surface area contributed by atoms with Crippen LogP contribution < -0.4 is 0 Å². The second-order valence-electron chi connectivity index (χ2n) is 5.28. The molecule has 0 radical (unpaired) electrons. The highest BCUT2D eigenvalue weighted by Crippen LogP contribution is 2.18. The Kier molecular flexibility index (Phi) is 7.44. The van der Waals surface area contributed by atoms with Crippen molar-refractivity contribution in [1.82, 2.24) is 0 Å². The van der Waals surface area contributed by atoms with Crippen LogP contribution in [-0.2, 0) is 19.1 Å². The van der Waals surface area contributed by atoms with Gasteiger partial charge in [-0.15, -0.1) is 0 Å². The maximum atomic E-state index is 10.2. The van der Waals surface area contributed by atoms with E-state index in [1.165, 1.54) is 0 Å². The third kappa shape index (κ3) is 4.81. The number of rotatable bonds is 4. The van der Waals surface area contributed by atoms with E-state index in [1.807, 2.05) is 0 Å². The third-order valence-corrected chi connectivity index (χ3v) is 3.51. The van der Waals surface area contributed by atoms with E-state index in [0.717, 1.165) is 0 Å². The average Bonchev–Trinajstić information content (AvgIpc) is 3.02. The molecule has 0 aliphatic carbocycles. The minimum Gasteiger partial charge on any atom is -0.479 e. The molecule has 0 aromatic heterocycles. The van der Waals surface area contributed by atoms with Crippen LogP contribution in [0, 0.1) is 0 Å². The highest BCUT2D eigenvalue weighted by atomic mass is 16.6. The molecule has 0 aromatic rings. The number of aliphatic carboxylic acids is 2. The van der Waals surface area contributed by atoms with Crippen LogP contribution in [0.5, 0.6) is 0 Å². The van der Waals surface area contributed by atoms with Crippen LogP contribution in [0.3, 0.4) is 0 Å². The van der Waals surface area contributed by atoms with Crippen molar-refractivity contribution in [2.75, 3.05) is 13.2 Å². The topological polar surface area (TPSA) is 214 Å². The monoisotopic (exact) mass is 356 g/mol. The van der Waals surface area contributed by atoms with E-state index >= 15 is 0 Å². The molecule has 2 fully saturated rings. The predicted octanol–water partition coefficient (Wildman–Crippen LogP) is -4.89. The number of aliphatic hydroxyl groups excluding tert-OH is 6. The van der Waals surface area contributed by atoms with Crippen LogP contribution in [0.1, 0.15) is 0 Å². The molecule has 12 nitrogen and oxygen atoms in total. The van der Waals surface area contributed by atoms with Crippen molar-refractivity contribution in [3.63, 3.8) is 0 Å². The van der Waals surface area contributed by atoms with E-state index in [9.17, 15) is 9.59 Å². The highest BCUT2D eigenvalue weighted by molar-refractivity contribution is 5.73. The van der Waals surface area contributed by atoms with Crippen LogP contribution >= 0.6 is 0 Å². The number of aliphatic hydroxyl groups is 6. The molecule has 2 aliphatic heterocycles. The summed E-state index contributed by atoms with van der Waals surface area (Å²) in [4.78, 5) is 20.4. The lowest BCUT2D eigenvalue weighted by Gasteiger charge is -2.17. The van der Waals surface area contributed by atoms with Gasteiger partial charge in [0.1, 0.15) is 36.6 Å². The summed E-state index contributed by atoms with van der Waals surface area (Å²) < 4.78 is 9.34. The van der Waals surface area contributed by atoms with Crippen molar-refractivity contribution >= 4 is 11.9 Å². The Labute approximate surface area is 135 Å². The van der Waals surface area contributed by atoms with Crippen molar-refractivity contribution < 1.29 is 59.9 Å². The lowest BCUT2D eigenvalue weighted by atomic mass is 10.1. The fraction of sp³-hybridized carbons (Fsp3) is 0.833. The lowest BCUT2D eigenvalue weighted by Crippen LogP contribution is -2.42. The number of ether oxygens (including phenoxy) is 2. The first kappa shape index (κ1) is 20.7. The molecule has 8 atom stereocenters. The van der Waals surface area contributed by atoms with E-state index in [-0.39, 0.29) is 13.2 Å². The molecule has 0 amide bonds. The van der Waals surface area contributed by atoms with Gasteiger partial charge < -0.3 is 50.3 Å². The maximum absolute atomic E-state index is 10.2. The molecular weight excluding hydrogens is 336 g/mol. The summed E-state index contributed by atoms with van der Waals surface area (Å²) in [6, 6.07) is 0. The molecule has 8 N–H and O–H groups in total. The van der Waals surface area contributed by atoms with E-state index < -0.39 is 60.8 Å². The van der Waals surface area contributed by atoms with Crippen LogP contribution in [-0.4, -0.2) is 115 Å². The first-order valence-corrected chi connectivity index (χ1v) is 6.85. The molecule has 2 saturated heterocycles. The summed E-state index contributed by atoms with van der Waals surface area (Å²) in [6.07, 6.45) is -11.0. The largest absolute Gasteiger partial charge is 0.479 e. The Morgan fingerprint density at radius 3 is 1.21 bits per heavy atom. The lowest BCUT2D eigenvalue weighted by molar-refractivity contribution is -0.157. The number of hydrogen-bond donors (Lipinski definition) is 8. The Morgan fingerprint density at radius 2 is 1.04 bits per heavy atom. The van der Waals surface area contributed by atoms with Crippen LogP contribution in [0.25, 0.3) is 0 Å². The fourth-order valence-electron chi connectivity index (χ4n) is 2.09. The van der Waals surface area contributed by atoms with Gasteiger partial charge in [-0.2, -0.15) is 0 Å². The fourth-order valence-corrected chi connectivity index (χ4v) is 2.09. The molecule has 2 aliphatic rings. The smallest absolute Gasteiger partial charge is 0.335 e. The van der Waals surface area contributed by atoms with E-state index in [2.05, 4.69) is 9.47 Å². The van der Waals surface area contributed by atoms with Gasteiger partial charge in [-0.3, -0.25) is 0 Å². The summed E-state index contributed by atoms with van der Waals surface area (Å²) in [5, 5.41) is 70.5. The number of hydrogen-bond acceptors (Lipinski definition) is 10. The Balaban J connectivity index is 0.000000240. The van der Waals surface area contributed by atoms with Crippen molar-refractivity contribution in [1.29, 1.82) is 0 Å². The third-order valence-electron chi connectivity index (χ3n) is 3.51. The van der Waals surface area contributed by atoms with Crippen LogP contribution in [0.2, 0.25) is 0 Å². The number of carbonyl (C=O) groups is 2. The van der Waals surface area contributed by atoms with Crippen molar-refractivity contribution in [3.8, 4) is 0 Å². The Bertz CT molecular complexity index is 402. The van der Waals surface area contributed by atoms with Gasteiger partial charge in [-0.05, 0) is 0 Å². The zero-order valence-electron chi connectivity index (χ0n) is 12.2. The minimum atomic E-state index is -1.79. The molecule has 0 aromatic carbocycles. The van der Waals surface area contributed by atoms with Gasteiger partial charge in [-0.25, -0.2) is 9.59 Å². The first-order valence-electron chi connectivity index (χ1n) is 6.85. The molecule has 12 heteroatoms. The van der Waals surface area contributed by atoms with Crippen LogP contribution in [0.4, 0.5) is 0 Å². The summed E-state index contributed by atoms with van der Waals surface area (Å²) >= 11 is 0. The molecule has 0 unspecified atom stereocenters. The highest BCUT2D eigenvalue weighted by Gasteiger charge is 2.42. The minimum absolute atomic E-state index is 0.157. The van der Waals surface area contributed by atoms with E-state index in [0.29, 0.717) is 0 Å². The SMILES string of the molecule is O=C(O)[C@H](O)[C@H]1OC[C@@H](O)[C@@H]1O.O=C(O)[C@H](O)[C@H]1OC[C@@H](O)[C@@H]1O. The Morgan fingerprint density at radius 1 is 0.750 bits per heavy atom. The standard InChI is InChI=1S/2C6H10O6/c2*7-2-1-12-5(3(2)8)4(9)6(10)11/h2*2-5,7-9H,1H2,(H,10,11)/t2*2-,3+,4-,5+/m11/s1. The Hall–Kier alpha value is -1.38. The molecule has 140 valence electrons. The molecular formula is C12H20O12. The van der Waals surface area contributed by atoms with Gasteiger partial charge in [0.15, 0.2) is 12.2 Å². The van der Waals surface area contributed by atoms with Gasteiger partial charge in [0.2, 0.25) is 0 Å². The van der Waals surface area contributed by atoms with Gasteiger partial charge in [0.05, 0.1) is 13.2 Å². The van der Waals surface area contributed by atoms with E-state index in [1.54, 1.807) is 0 Å². The van der Waals surface area contributed by atoms with Gasteiger partial charge >= 0.3 is 11.9 Å². The molecule has 0 saturated carbocycles. The summed E-state index contributed by atoms with van der Waals surface area (Å²) in [7, 11) is 0. The molecule has 0 spiro atoms. The maximum Gasteiger partial charge on any atom is 0.335 e. The predicted molar refractivity (Wildman–Crippen MR) is 70.8 cm³/mol. The molecule has 2 heterocycles. The average molecular weight is 356 g/mol. The van der Waals surface area contributed by atoms with Crippen molar-refractivity contribution in [2.24, 2.45) is 0 Å².